The van der Waals surface area contributed by atoms with Crippen LogP contribution in [0.1, 0.15) is 28.8 Å². The van der Waals surface area contributed by atoms with Crippen molar-refractivity contribution in [2.24, 2.45) is 0 Å². The van der Waals surface area contributed by atoms with Gasteiger partial charge in [0.1, 0.15) is 6.04 Å². The lowest BCUT2D eigenvalue weighted by Crippen LogP contribution is -2.41. The van der Waals surface area contributed by atoms with Gasteiger partial charge in [-0.1, -0.05) is 11.6 Å². The number of ether oxygens (including phenoxy) is 1. The van der Waals surface area contributed by atoms with Crippen LogP contribution in [0.25, 0.3) is 0 Å². The van der Waals surface area contributed by atoms with Crippen LogP contribution in [0.15, 0.2) is 18.2 Å². The number of carboxylic acid groups (broad SMARTS) is 1. The van der Waals surface area contributed by atoms with Crippen LogP contribution < -0.4 is 5.32 Å². The van der Waals surface area contributed by atoms with Crippen LogP contribution in [0.4, 0.5) is 0 Å². The lowest BCUT2D eigenvalue weighted by Gasteiger charge is -2.14. The fourth-order valence-electron chi connectivity index (χ4n) is 1.65. The molecule has 0 aromatic heterocycles. The predicted octanol–water partition coefficient (Wildman–Crippen LogP) is 1.78. The highest BCUT2D eigenvalue weighted by molar-refractivity contribution is 6.31. The van der Waals surface area contributed by atoms with E-state index in [1.165, 1.54) is 13.2 Å². The van der Waals surface area contributed by atoms with Gasteiger partial charge in [-0.3, -0.25) is 9.59 Å². The molecule has 7 heteroatoms. The van der Waals surface area contributed by atoms with Gasteiger partial charge in [-0.05, 0) is 37.1 Å². The van der Waals surface area contributed by atoms with Gasteiger partial charge >= 0.3 is 11.9 Å². The number of methoxy groups -OCH3 is 1. The van der Waals surface area contributed by atoms with Crippen LogP contribution in [-0.2, 0) is 14.3 Å². The number of hydrogen-bond donors (Lipinski definition) is 2. The zero-order chi connectivity index (χ0) is 16.0. The molecule has 0 radical (unpaired) electrons. The summed E-state index contributed by atoms with van der Waals surface area (Å²) in [6, 6.07) is 3.48. The van der Waals surface area contributed by atoms with E-state index in [1.807, 2.05) is 0 Å². The lowest BCUT2D eigenvalue weighted by molar-refractivity contribution is -0.142. The summed E-state index contributed by atoms with van der Waals surface area (Å²) in [6.07, 6.45) is -0.131. The molecule has 6 nitrogen and oxygen atoms in total. The highest BCUT2D eigenvalue weighted by atomic mass is 35.5. The second kappa shape index (κ2) is 7.64. The van der Waals surface area contributed by atoms with E-state index in [2.05, 4.69) is 10.1 Å². The van der Waals surface area contributed by atoms with E-state index >= 15 is 0 Å². The Morgan fingerprint density at radius 1 is 1.38 bits per heavy atom. The Balaban J connectivity index is 2.74. The first-order valence-corrected chi connectivity index (χ1v) is 6.59. The van der Waals surface area contributed by atoms with Gasteiger partial charge in [-0.2, -0.15) is 0 Å². The predicted molar refractivity (Wildman–Crippen MR) is 76.3 cm³/mol. The molecule has 1 amide bonds. The summed E-state index contributed by atoms with van der Waals surface area (Å²) in [5.74, 6) is -2.28. The largest absolute Gasteiger partial charge is 0.480 e. The molecule has 1 aromatic carbocycles. The van der Waals surface area contributed by atoms with Crippen LogP contribution in [0.5, 0.6) is 0 Å². The smallest absolute Gasteiger partial charge is 0.326 e. The molecule has 1 aromatic rings. The molecule has 0 aliphatic rings. The molecule has 1 atom stereocenters. The minimum Gasteiger partial charge on any atom is -0.480 e. The summed E-state index contributed by atoms with van der Waals surface area (Å²) in [4.78, 5) is 34.1. The second-order valence-corrected chi connectivity index (χ2v) is 4.85. The Kier molecular flexibility index (Phi) is 6.17. The topological polar surface area (TPSA) is 92.7 Å². The summed E-state index contributed by atoms with van der Waals surface area (Å²) in [5, 5.41) is 12.0. The monoisotopic (exact) mass is 313 g/mol. The summed E-state index contributed by atoms with van der Waals surface area (Å²) in [7, 11) is 1.22. The van der Waals surface area contributed by atoms with Crippen LogP contribution in [0.2, 0.25) is 5.02 Å². The quantitative estimate of drug-likeness (QED) is 0.781. The van der Waals surface area contributed by atoms with Gasteiger partial charge in [0.05, 0.1) is 7.11 Å². The third-order valence-electron chi connectivity index (χ3n) is 2.89. The number of carbonyl (C=O) groups excluding carboxylic acids is 2. The summed E-state index contributed by atoms with van der Waals surface area (Å²) in [5.41, 5.74) is 1.02. The van der Waals surface area contributed by atoms with E-state index in [9.17, 15) is 14.4 Å². The molecule has 114 valence electrons. The standard InChI is InChI=1S/C14H16ClNO5/c1-8-7-9(3-4-10(8)15)13(18)16-11(14(19)20)5-6-12(17)21-2/h3-4,7,11H,5-6H2,1-2H3,(H,16,18)(H,19,20)/t11-/m0/s1. The van der Waals surface area contributed by atoms with Gasteiger partial charge in [0.15, 0.2) is 0 Å². The maximum absolute atomic E-state index is 12.0. The van der Waals surface area contributed by atoms with Crippen LogP contribution in [0.3, 0.4) is 0 Å². The molecule has 0 bridgehead atoms. The van der Waals surface area contributed by atoms with E-state index < -0.39 is 23.9 Å². The van der Waals surface area contributed by atoms with Crippen LogP contribution in [0, 0.1) is 6.92 Å². The van der Waals surface area contributed by atoms with Crippen LogP contribution in [-0.4, -0.2) is 36.1 Å². The number of esters is 1. The van der Waals surface area contributed by atoms with Crippen molar-refractivity contribution in [2.45, 2.75) is 25.8 Å². The van der Waals surface area contributed by atoms with Crippen molar-refractivity contribution >= 4 is 29.4 Å². The molecule has 0 aliphatic carbocycles. The van der Waals surface area contributed by atoms with Gasteiger partial charge in [-0.15, -0.1) is 0 Å². The number of nitrogens with one attached hydrogen (secondary N) is 1. The highest BCUT2D eigenvalue weighted by Gasteiger charge is 2.22. The molecule has 0 heterocycles. The maximum atomic E-state index is 12.0. The van der Waals surface area contributed by atoms with Gasteiger partial charge in [-0.25, -0.2) is 4.79 Å². The number of aryl methyl sites for hydroxylation is 1. The van der Waals surface area contributed by atoms with Crippen molar-refractivity contribution < 1.29 is 24.2 Å². The first kappa shape index (κ1) is 17.0. The SMILES string of the molecule is COC(=O)CC[C@H](NC(=O)c1ccc(Cl)c(C)c1)C(=O)O. The number of amides is 1. The number of benzene rings is 1. The minimum atomic E-state index is -1.21. The van der Waals surface area contributed by atoms with Crippen molar-refractivity contribution in [1.82, 2.24) is 5.32 Å². The highest BCUT2D eigenvalue weighted by Crippen LogP contribution is 2.16. The first-order chi connectivity index (χ1) is 9.85. The molecular formula is C14H16ClNO5. The van der Waals surface area contributed by atoms with Gasteiger partial charge in [0.2, 0.25) is 0 Å². The Morgan fingerprint density at radius 3 is 2.57 bits per heavy atom. The van der Waals surface area contributed by atoms with Crippen molar-refractivity contribution in [3.63, 3.8) is 0 Å². The zero-order valence-electron chi connectivity index (χ0n) is 11.7. The van der Waals surface area contributed by atoms with E-state index in [-0.39, 0.29) is 12.8 Å². The normalized spacial score (nSPS) is 11.6. The van der Waals surface area contributed by atoms with Gasteiger partial charge < -0.3 is 15.2 Å². The molecular weight excluding hydrogens is 298 g/mol. The number of rotatable bonds is 6. The average Bonchev–Trinajstić information content (AvgIpc) is 2.45. The van der Waals surface area contributed by atoms with Crippen LogP contribution >= 0.6 is 11.6 Å². The minimum absolute atomic E-state index is 0.0414. The third-order valence-corrected chi connectivity index (χ3v) is 3.31. The molecule has 0 spiro atoms. The number of carboxylic acids is 1. The molecule has 2 N–H and O–H groups in total. The summed E-state index contributed by atoms with van der Waals surface area (Å²) < 4.78 is 4.44. The number of carbonyl (C=O) groups is 3. The number of hydrogen-bond acceptors (Lipinski definition) is 4. The van der Waals surface area contributed by atoms with E-state index in [1.54, 1.807) is 19.1 Å². The Bertz CT molecular complexity index is 558. The second-order valence-electron chi connectivity index (χ2n) is 4.44. The molecule has 0 unspecified atom stereocenters. The van der Waals surface area contributed by atoms with E-state index in [4.69, 9.17) is 16.7 Å². The zero-order valence-corrected chi connectivity index (χ0v) is 12.4. The Hall–Kier alpha value is -2.08. The molecule has 0 fully saturated rings. The fraction of sp³-hybridized carbons (Fsp3) is 0.357. The van der Waals surface area contributed by atoms with E-state index in [0.29, 0.717) is 16.1 Å². The van der Waals surface area contributed by atoms with Gasteiger partial charge in [0, 0.05) is 17.0 Å². The van der Waals surface area contributed by atoms with Crippen molar-refractivity contribution in [2.75, 3.05) is 7.11 Å². The summed E-state index contributed by atoms with van der Waals surface area (Å²) >= 11 is 5.86. The Morgan fingerprint density at radius 2 is 2.05 bits per heavy atom. The molecule has 1 rings (SSSR count). The lowest BCUT2D eigenvalue weighted by atomic mass is 10.1. The van der Waals surface area contributed by atoms with Crippen molar-refractivity contribution in [1.29, 1.82) is 0 Å². The van der Waals surface area contributed by atoms with Gasteiger partial charge in [0.25, 0.3) is 5.91 Å². The summed E-state index contributed by atoms with van der Waals surface area (Å²) in [6.45, 7) is 1.74. The van der Waals surface area contributed by atoms with Crippen molar-refractivity contribution in [3.8, 4) is 0 Å². The van der Waals surface area contributed by atoms with E-state index in [0.717, 1.165) is 0 Å². The fourth-order valence-corrected chi connectivity index (χ4v) is 1.77. The van der Waals surface area contributed by atoms with Crippen molar-refractivity contribution in [3.05, 3.63) is 34.3 Å². The maximum Gasteiger partial charge on any atom is 0.326 e. The molecule has 21 heavy (non-hydrogen) atoms. The molecule has 0 saturated heterocycles. The molecule has 0 aliphatic heterocycles. The number of halogens is 1. The Labute approximate surface area is 127 Å². The molecule has 0 saturated carbocycles. The average molecular weight is 314 g/mol. The number of aliphatic carboxylic acids is 1. The first-order valence-electron chi connectivity index (χ1n) is 6.21. The third kappa shape index (κ3) is 5.07.